The van der Waals surface area contributed by atoms with Crippen molar-refractivity contribution in [1.82, 2.24) is 0 Å². The highest BCUT2D eigenvalue weighted by Crippen LogP contribution is 2.23. The van der Waals surface area contributed by atoms with E-state index in [2.05, 4.69) is 11.9 Å². The molecule has 0 aliphatic carbocycles. The molecule has 0 spiro atoms. The second-order valence-corrected chi connectivity index (χ2v) is 3.26. The predicted molar refractivity (Wildman–Crippen MR) is 67.5 cm³/mol. The number of amides is 1. The first kappa shape index (κ1) is 13.5. The van der Waals surface area contributed by atoms with E-state index in [1.165, 1.54) is 0 Å². The van der Waals surface area contributed by atoms with Crippen LogP contribution in [0.1, 0.15) is 0 Å². The van der Waals surface area contributed by atoms with Crippen LogP contribution in [0, 0.1) is 0 Å². The normalized spacial score (nSPS) is 10.0. The SMILES string of the molecule is C=CCOc1ccccc1NC(=O)/C=C/C(=O)O. The molecule has 2 N–H and O–H groups in total. The number of anilines is 1. The zero-order valence-electron chi connectivity index (χ0n) is 9.63. The van der Waals surface area contributed by atoms with Crippen LogP contribution in [0.4, 0.5) is 5.69 Å². The minimum atomic E-state index is -1.18. The fourth-order valence-electron chi connectivity index (χ4n) is 1.17. The summed E-state index contributed by atoms with van der Waals surface area (Å²) < 4.78 is 5.34. The van der Waals surface area contributed by atoms with Gasteiger partial charge in [0.15, 0.2) is 0 Å². The van der Waals surface area contributed by atoms with Crippen LogP contribution >= 0.6 is 0 Å². The molecule has 1 rings (SSSR count). The van der Waals surface area contributed by atoms with Crippen molar-refractivity contribution in [3.05, 3.63) is 49.1 Å². The Morgan fingerprint density at radius 2 is 2.06 bits per heavy atom. The van der Waals surface area contributed by atoms with Gasteiger partial charge in [-0.2, -0.15) is 0 Å². The molecule has 0 aromatic heterocycles. The summed E-state index contributed by atoms with van der Waals surface area (Å²) in [6.45, 7) is 3.84. The highest BCUT2D eigenvalue weighted by molar-refractivity contribution is 6.03. The van der Waals surface area contributed by atoms with Crippen LogP contribution in [0.25, 0.3) is 0 Å². The number of carboxylic acids is 1. The van der Waals surface area contributed by atoms with Crippen LogP contribution in [0.15, 0.2) is 49.1 Å². The summed E-state index contributed by atoms with van der Waals surface area (Å²) in [5.41, 5.74) is 0.472. The molecule has 1 aromatic carbocycles. The highest BCUT2D eigenvalue weighted by Gasteiger charge is 2.04. The van der Waals surface area contributed by atoms with Gasteiger partial charge in [-0.3, -0.25) is 4.79 Å². The van der Waals surface area contributed by atoms with Crippen molar-refractivity contribution in [3.63, 3.8) is 0 Å². The van der Waals surface area contributed by atoms with E-state index in [1.807, 2.05) is 0 Å². The average molecular weight is 247 g/mol. The zero-order valence-corrected chi connectivity index (χ0v) is 9.63. The first-order valence-corrected chi connectivity index (χ1v) is 5.18. The molecule has 5 nitrogen and oxygen atoms in total. The summed E-state index contributed by atoms with van der Waals surface area (Å²) in [7, 11) is 0. The first-order chi connectivity index (χ1) is 8.63. The molecule has 5 heteroatoms. The lowest BCUT2D eigenvalue weighted by molar-refractivity contribution is -0.131. The summed E-state index contributed by atoms with van der Waals surface area (Å²) in [5, 5.41) is 10.9. The largest absolute Gasteiger partial charge is 0.487 e. The lowest BCUT2D eigenvalue weighted by atomic mass is 10.3. The molecule has 1 amide bonds. The van der Waals surface area contributed by atoms with E-state index in [4.69, 9.17) is 9.84 Å². The second kappa shape index (κ2) is 6.90. The fraction of sp³-hybridized carbons (Fsp3) is 0.0769. The van der Waals surface area contributed by atoms with Crippen molar-refractivity contribution in [2.45, 2.75) is 0 Å². The minimum absolute atomic E-state index is 0.317. The summed E-state index contributed by atoms with van der Waals surface area (Å²) in [6, 6.07) is 6.85. The van der Waals surface area contributed by atoms with E-state index >= 15 is 0 Å². The predicted octanol–water partition coefficient (Wildman–Crippen LogP) is 1.83. The number of aliphatic carboxylic acids is 1. The molecule has 0 heterocycles. The molecule has 94 valence electrons. The standard InChI is InChI=1S/C13H13NO4/c1-2-9-18-11-6-4-3-5-10(11)14-12(15)7-8-13(16)17/h2-8H,1,9H2,(H,14,15)(H,16,17)/b8-7+. The number of benzene rings is 1. The van der Waals surface area contributed by atoms with Crippen molar-refractivity contribution >= 4 is 17.6 Å². The summed E-state index contributed by atoms with van der Waals surface area (Å²) in [6.07, 6.45) is 3.29. The quantitative estimate of drug-likeness (QED) is 0.594. The van der Waals surface area contributed by atoms with Crippen molar-refractivity contribution in [1.29, 1.82) is 0 Å². The van der Waals surface area contributed by atoms with E-state index in [9.17, 15) is 9.59 Å². The van der Waals surface area contributed by atoms with Crippen LogP contribution in [0.2, 0.25) is 0 Å². The van der Waals surface area contributed by atoms with Gasteiger partial charge in [0, 0.05) is 12.2 Å². The lowest BCUT2D eigenvalue weighted by Gasteiger charge is -2.09. The maximum absolute atomic E-state index is 11.4. The number of para-hydroxylation sites is 2. The third-order valence-electron chi connectivity index (χ3n) is 1.88. The number of hydrogen-bond acceptors (Lipinski definition) is 3. The van der Waals surface area contributed by atoms with Gasteiger partial charge in [0.1, 0.15) is 12.4 Å². The maximum Gasteiger partial charge on any atom is 0.328 e. The molecule has 0 aliphatic heterocycles. The van der Waals surface area contributed by atoms with Crippen LogP contribution < -0.4 is 10.1 Å². The second-order valence-electron chi connectivity index (χ2n) is 3.26. The van der Waals surface area contributed by atoms with Crippen molar-refractivity contribution < 1.29 is 19.4 Å². The summed E-state index contributed by atoms with van der Waals surface area (Å²) >= 11 is 0. The lowest BCUT2D eigenvalue weighted by Crippen LogP contribution is -2.10. The Balaban J connectivity index is 2.74. The molecule has 0 atom stereocenters. The number of nitrogens with one attached hydrogen (secondary N) is 1. The van der Waals surface area contributed by atoms with Crippen molar-refractivity contribution in [3.8, 4) is 5.75 Å². The highest BCUT2D eigenvalue weighted by atomic mass is 16.5. The molecule has 18 heavy (non-hydrogen) atoms. The van der Waals surface area contributed by atoms with Gasteiger partial charge in [-0.05, 0) is 12.1 Å². The number of hydrogen-bond donors (Lipinski definition) is 2. The molecule has 0 saturated heterocycles. The van der Waals surface area contributed by atoms with Gasteiger partial charge in [-0.25, -0.2) is 4.79 Å². The van der Waals surface area contributed by atoms with E-state index < -0.39 is 11.9 Å². The Morgan fingerprint density at radius 3 is 2.72 bits per heavy atom. The molecule has 0 saturated carbocycles. The Labute approximate surface area is 104 Å². The Hall–Kier alpha value is -2.56. The summed E-state index contributed by atoms with van der Waals surface area (Å²) in [5.74, 6) is -1.22. The Kier molecular flexibility index (Phi) is 5.18. The van der Waals surface area contributed by atoms with Gasteiger partial charge in [0.2, 0.25) is 5.91 Å². The maximum atomic E-state index is 11.4. The smallest absolute Gasteiger partial charge is 0.328 e. The zero-order chi connectivity index (χ0) is 13.4. The van der Waals surface area contributed by atoms with Gasteiger partial charge in [-0.15, -0.1) is 0 Å². The topological polar surface area (TPSA) is 75.6 Å². The molecule has 0 bridgehead atoms. The van der Waals surface area contributed by atoms with Gasteiger partial charge in [0.05, 0.1) is 5.69 Å². The van der Waals surface area contributed by atoms with Gasteiger partial charge in [-0.1, -0.05) is 24.8 Å². The molecule has 0 fully saturated rings. The van der Waals surface area contributed by atoms with E-state index in [-0.39, 0.29) is 0 Å². The van der Waals surface area contributed by atoms with Gasteiger partial charge in [0.25, 0.3) is 0 Å². The van der Waals surface area contributed by atoms with Crippen molar-refractivity contribution in [2.75, 3.05) is 11.9 Å². The van der Waals surface area contributed by atoms with Crippen LogP contribution in [0.3, 0.4) is 0 Å². The molecule has 0 radical (unpaired) electrons. The number of ether oxygens (including phenoxy) is 1. The number of rotatable bonds is 6. The number of carbonyl (C=O) groups excluding carboxylic acids is 1. The molecule has 0 unspecified atom stereocenters. The van der Waals surface area contributed by atoms with Crippen LogP contribution in [-0.4, -0.2) is 23.6 Å². The van der Waals surface area contributed by atoms with E-state index in [0.717, 1.165) is 12.2 Å². The first-order valence-electron chi connectivity index (χ1n) is 5.18. The monoisotopic (exact) mass is 247 g/mol. The summed E-state index contributed by atoms with van der Waals surface area (Å²) in [4.78, 5) is 21.7. The third-order valence-corrected chi connectivity index (χ3v) is 1.88. The molecule has 1 aromatic rings. The fourth-order valence-corrected chi connectivity index (χ4v) is 1.17. The van der Waals surface area contributed by atoms with Crippen LogP contribution in [-0.2, 0) is 9.59 Å². The molecule has 0 aliphatic rings. The van der Waals surface area contributed by atoms with Gasteiger partial charge >= 0.3 is 5.97 Å². The van der Waals surface area contributed by atoms with Gasteiger partial charge < -0.3 is 15.2 Å². The molecular weight excluding hydrogens is 234 g/mol. The van der Waals surface area contributed by atoms with E-state index in [0.29, 0.717) is 18.0 Å². The Morgan fingerprint density at radius 1 is 1.33 bits per heavy atom. The molecular formula is C13H13NO4. The average Bonchev–Trinajstić information content (AvgIpc) is 2.35. The van der Waals surface area contributed by atoms with E-state index in [1.54, 1.807) is 30.3 Å². The third kappa shape index (κ3) is 4.52. The minimum Gasteiger partial charge on any atom is -0.487 e. The number of carbonyl (C=O) groups is 2. The van der Waals surface area contributed by atoms with Crippen molar-refractivity contribution in [2.24, 2.45) is 0 Å². The van der Waals surface area contributed by atoms with Crippen LogP contribution in [0.5, 0.6) is 5.75 Å². The Bertz CT molecular complexity index is 480. The number of carboxylic acid groups (broad SMARTS) is 1.